The van der Waals surface area contributed by atoms with E-state index < -0.39 is 0 Å². The molecule has 1 N–H and O–H groups in total. The number of carbonyl (C=O) groups excluding carboxylic acids is 1. The molecule has 5 heteroatoms. The molecule has 0 saturated carbocycles. The standard InChI is InChI=1S/C18H24N2O3/c1-12(2)23-17-5-4-16(10-15(17)11-19)20-18(21)13(3)14-6-8-22-9-7-14/h4-5,10,12-14H,6-9H2,1-3H3,(H,20,21)/t13-/m1/s1. The molecule has 23 heavy (non-hydrogen) atoms. The van der Waals surface area contributed by atoms with Gasteiger partial charge in [-0.05, 0) is 50.8 Å². The third-order valence-electron chi connectivity index (χ3n) is 4.12. The first-order valence-corrected chi connectivity index (χ1v) is 8.10. The SMILES string of the molecule is CC(C)Oc1ccc(NC(=O)[C@H](C)C2CCOCC2)cc1C#N. The molecular weight excluding hydrogens is 292 g/mol. The van der Waals surface area contributed by atoms with Crippen LogP contribution in [-0.2, 0) is 9.53 Å². The van der Waals surface area contributed by atoms with E-state index in [0.717, 1.165) is 26.1 Å². The fourth-order valence-electron chi connectivity index (χ4n) is 2.74. The van der Waals surface area contributed by atoms with E-state index in [9.17, 15) is 10.1 Å². The van der Waals surface area contributed by atoms with Gasteiger partial charge in [0.1, 0.15) is 11.8 Å². The highest BCUT2D eigenvalue weighted by atomic mass is 16.5. The van der Waals surface area contributed by atoms with Gasteiger partial charge in [0.2, 0.25) is 5.91 Å². The maximum absolute atomic E-state index is 12.4. The number of benzene rings is 1. The van der Waals surface area contributed by atoms with Crippen LogP contribution in [0.3, 0.4) is 0 Å². The molecule has 1 aliphatic rings. The molecule has 124 valence electrons. The maximum Gasteiger partial charge on any atom is 0.227 e. The molecule has 0 aromatic heterocycles. The summed E-state index contributed by atoms with van der Waals surface area (Å²) in [6.07, 6.45) is 1.83. The zero-order valence-electron chi connectivity index (χ0n) is 14.0. The summed E-state index contributed by atoms with van der Waals surface area (Å²) in [7, 11) is 0. The lowest BCUT2D eigenvalue weighted by Crippen LogP contribution is -2.30. The van der Waals surface area contributed by atoms with Crippen molar-refractivity contribution in [3.63, 3.8) is 0 Å². The second-order valence-electron chi connectivity index (χ2n) is 6.22. The van der Waals surface area contributed by atoms with Crippen molar-refractivity contribution in [2.75, 3.05) is 18.5 Å². The summed E-state index contributed by atoms with van der Waals surface area (Å²) in [6.45, 7) is 7.22. The third-order valence-corrected chi connectivity index (χ3v) is 4.12. The van der Waals surface area contributed by atoms with E-state index >= 15 is 0 Å². The van der Waals surface area contributed by atoms with Gasteiger partial charge in [0.05, 0.1) is 11.7 Å². The van der Waals surface area contributed by atoms with Crippen molar-refractivity contribution in [3.05, 3.63) is 23.8 Å². The fraction of sp³-hybridized carbons (Fsp3) is 0.556. The molecule has 1 saturated heterocycles. The summed E-state index contributed by atoms with van der Waals surface area (Å²) in [6, 6.07) is 7.27. The van der Waals surface area contributed by atoms with Gasteiger partial charge in [-0.2, -0.15) is 5.26 Å². The first kappa shape index (κ1) is 17.3. The molecule has 5 nitrogen and oxygen atoms in total. The van der Waals surface area contributed by atoms with Crippen molar-refractivity contribution < 1.29 is 14.3 Å². The summed E-state index contributed by atoms with van der Waals surface area (Å²) < 4.78 is 10.9. The Balaban J connectivity index is 2.04. The number of rotatable bonds is 5. The Kier molecular flexibility index (Phi) is 6.00. The van der Waals surface area contributed by atoms with Crippen molar-refractivity contribution in [1.82, 2.24) is 0 Å². The number of amides is 1. The Hall–Kier alpha value is -2.06. The highest BCUT2D eigenvalue weighted by molar-refractivity contribution is 5.92. The zero-order chi connectivity index (χ0) is 16.8. The molecule has 1 aromatic carbocycles. The van der Waals surface area contributed by atoms with Crippen LogP contribution in [0.1, 0.15) is 39.2 Å². The summed E-state index contributed by atoms with van der Waals surface area (Å²) >= 11 is 0. The minimum absolute atomic E-state index is 0.00363. The molecule has 0 spiro atoms. The lowest BCUT2D eigenvalue weighted by atomic mass is 9.86. The lowest BCUT2D eigenvalue weighted by molar-refractivity contribution is -0.122. The maximum atomic E-state index is 12.4. The first-order valence-electron chi connectivity index (χ1n) is 8.10. The minimum Gasteiger partial charge on any atom is -0.490 e. The minimum atomic E-state index is -0.0731. The van der Waals surface area contributed by atoms with E-state index in [1.165, 1.54) is 0 Å². The summed E-state index contributed by atoms with van der Waals surface area (Å²) in [4.78, 5) is 12.4. The summed E-state index contributed by atoms with van der Waals surface area (Å²) in [5.74, 6) is 0.801. The van der Waals surface area contributed by atoms with Crippen molar-refractivity contribution in [1.29, 1.82) is 5.26 Å². The third kappa shape index (κ3) is 4.70. The van der Waals surface area contributed by atoms with Gasteiger partial charge in [-0.15, -0.1) is 0 Å². The number of nitrogens with one attached hydrogen (secondary N) is 1. The normalized spacial score (nSPS) is 16.7. The van der Waals surface area contributed by atoms with E-state index in [-0.39, 0.29) is 17.9 Å². The Morgan fingerprint density at radius 1 is 1.35 bits per heavy atom. The smallest absolute Gasteiger partial charge is 0.227 e. The molecular formula is C18H24N2O3. The van der Waals surface area contributed by atoms with Crippen LogP contribution in [-0.4, -0.2) is 25.2 Å². The van der Waals surface area contributed by atoms with Crippen molar-refractivity contribution >= 4 is 11.6 Å². The molecule has 0 bridgehead atoms. The second kappa shape index (κ2) is 7.98. The molecule has 0 unspecified atom stereocenters. The molecule has 1 aliphatic heterocycles. The van der Waals surface area contributed by atoms with E-state index in [2.05, 4.69) is 11.4 Å². The Morgan fingerprint density at radius 3 is 2.65 bits per heavy atom. The largest absolute Gasteiger partial charge is 0.490 e. The molecule has 1 amide bonds. The number of anilines is 1. The van der Waals surface area contributed by atoms with Crippen LogP contribution in [0.2, 0.25) is 0 Å². The van der Waals surface area contributed by atoms with E-state index in [1.807, 2.05) is 20.8 Å². The highest BCUT2D eigenvalue weighted by Crippen LogP contribution is 2.27. The number of nitrogens with zero attached hydrogens (tertiary/aromatic N) is 1. The van der Waals surface area contributed by atoms with Crippen LogP contribution in [0.5, 0.6) is 5.75 Å². The zero-order valence-corrected chi connectivity index (χ0v) is 14.0. The van der Waals surface area contributed by atoms with Crippen LogP contribution in [0, 0.1) is 23.2 Å². The molecule has 1 atom stereocenters. The Labute approximate surface area is 137 Å². The van der Waals surface area contributed by atoms with Gasteiger partial charge in [-0.1, -0.05) is 6.92 Å². The van der Waals surface area contributed by atoms with Crippen molar-refractivity contribution in [2.24, 2.45) is 11.8 Å². The Morgan fingerprint density at radius 2 is 2.04 bits per heavy atom. The van der Waals surface area contributed by atoms with Gasteiger partial charge < -0.3 is 14.8 Å². The number of carbonyl (C=O) groups is 1. The number of nitriles is 1. The van der Waals surface area contributed by atoms with E-state index in [4.69, 9.17) is 9.47 Å². The van der Waals surface area contributed by atoms with Gasteiger partial charge in [-0.25, -0.2) is 0 Å². The first-order chi connectivity index (χ1) is 11.0. The monoisotopic (exact) mass is 316 g/mol. The average molecular weight is 316 g/mol. The van der Waals surface area contributed by atoms with E-state index in [0.29, 0.717) is 22.9 Å². The molecule has 1 aromatic rings. The highest BCUT2D eigenvalue weighted by Gasteiger charge is 2.26. The quantitative estimate of drug-likeness (QED) is 0.904. The van der Waals surface area contributed by atoms with Gasteiger partial charge in [0.15, 0.2) is 0 Å². The number of hydrogen-bond donors (Lipinski definition) is 1. The summed E-state index contributed by atoms with van der Waals surface area (Å²) in [5.41, 5.74) is 1.05. The van der Waals surface area contributed by atoms with Crippen LogP contribution in [0.4, 0.5) is 5.69 Å². The molecule has 0 aliphatic carbocycles. The molecule has 1 heterocycles. The molecule has 2 rings (SSSR count). The number of ether oxygens (including phenoxy) is 2. The van der Waals surface area contributed by atoms with Crippen molar-refractivity contribution in [2.45, 2.75) is 39.7 Å². The van der Waals surface area contributed by atoms with Gasteiger partial charge in [-0.3, -0.25) is 4.79 Å². The van der Waals surface area contributed by atoms with Gasteiger partial charge in [0, 0.05) is 24.8 Å². The van der Waals surface area contributed by atoms with Crippen LogP contribution >= 0.6 is 0 Å². The predicted molar refractivity (Wildman–Crippen MR) is 88.3 cm³/mol. The Bertz CT molecular complexity index is 586. The van der Waals surface area contributed by atoms with Gasteiger partial charge >= 0.3 is 0 Å². The van der Waals surface area contributed by atoms with Gasteiger partial charge in [0.25, 0.3) is 0 Å². The van der Waals surface area contributed by atoms with Crippen molar-refractivity contribution in [3.8, 4) is 11.8 Å². The topological polar surface area (TPSA) is 71.3 Å². The fourth-order valence-corrected chi connectivity index (χ4v) is 2.74. The average Bonchev–Trinajstić information content (AvgIpc) is 2.55. The second-order valence-corrected chi connectivity index (χ2v) is 6.22. The van der Waals surface area contributed by atoms with E-state index in [1.54, 1.807) is 18.2 Å². The molecule has 1 fully saturated rings. The summed E-state index contributed by atoms with van der Waals surface area (Å²) in [5, 5.41) is 12.2. The van der Waals surface area contributed by atoms with Crippen LogP contribution in [0.25, 0.3) is 0 Å². The van der Waals surface area contributed by atoms with Crippen LogP contribution in [0.15, 0.2) is 18.2 Å². The molecule has 0 radical (unpaired) electrons. The lowest BCUT2D eigenvalue weighted by Gasteiger charge is -2.27. The number of hydrogen-bond acceptors (Lipinski definition) is 4. The van der Waals surface area contributed by atoms with Crippen LogP contribution < -0.4 is 10.1 Å². The predicted octanol–water partition coefficient (Wildman–Crippen LogP) is 3.35.